The van der Waals surface area contributed by atoms with E-state index in [9.17, 15) is 0 Å². The van der Waals surface area contributed by atoms with Gasteiger partial charge in [-0.2, -0.15) is 0 Å². The van der Waals surface area contributed by atoms with Crippen molar-refractivity contribution in [1.29, 1.82) is 0 Å². The first-order chi connectivity index (χ1) is 4.81. The highest BCUT2D eigenvalue weighted by molar-refractivity contribution is 5.28. The summed E-state index contributed by atoms with van der Waals surface area (Å²) in [6.45, 7) is 0. The smallest absolute Gasteiger partial charge is 0.0370 e. The van der Waals surface area contributed by atoms with E-state index in [1.165, 1.54) is 38.5 Å². The summed E-state index contributed by atoms with van der Waals surface area (Å²) >= 11 is 0. The predicted molar refractivity (Wildman–Crippen MR) is 42.7 cm³/mol. The summed E-state index contributed by atoms with van der Waals surface area (Å²) in [7, 11) is 0. The van der Waals surface area contributed by atoms with E-state index in [1.54, 1.807) is 5.57 Å². The summed E-state index contributed by atoms with van der Waals surface area (Å²) in [5, 5.41) is 0. The van der Waals surface area contributed by atoms with Crippen LogP contribution < -0.4 is 5.73 Å². The maximum absolute atomic E-state index is 6.05. The lowest BCUT2D eigenvalue weighted by atomic mass is 9.93. The van der Waals surface area contributed by atoms with Gasteiger partial charge in [-0.3, -0.25) is 0 Å². The van der Waals surface area contributed by atoms with Gasteiger partial charge in [-0.25, -0.2) is 0 Å². The molecule has 10 heavy (non-hydrogen) atoms. The molecule has 0 heterocycles. The van der Waals surface area contributed by atoms with Gasteiger partial charge >= 0.3 is 0 Å². The molecule has 0 aromatic carbocycles. The van der Waals surface area contributed by atoms with Crippen LogP contribution in [0.25, 0.3) is 0 Å². The molecule has 0 aromatic heterocycles. The molecule has 0 saturated heterocycles. The summed E-state index contributed by atoms with van der Waals surface area (Å²) in [6.07, 6.45) is 10.1. The minimum absolute atomic E-state index is 0.181. The van der Waals surface area contributed by atoms with Crippen LogP contribution >= 0.6 is 0 Å². The van der Waals surface area contributed by atoms with E-state index in [0.717, 1.165) is 0 Å². The van der Waals surface area contributed by atoms with Crippen LogP contribution in [0.3, 0.4) is 0 Å². The fraction of sp³-hybridized carbons (Fsp3) is 0.778. The van der Waals surface area contributed by atoms with Crippen LogP contribution in [-0.4, -0.2) is 5.54 Å². The third-order valence-corrected chi connectivity index (χ3v) is 2.72. The molecule has 0 bridgehead atoms. The Hall–Kier alpha value is -0.300. The lowest BCUT2D eigenvalue weighted by Crippen LogP contribution is -2.25. The Balaban J connectivity index is 2.08. The number of hydrogen-bond donors (Lipinski definition) is 1. The Kier molecular flexibility index (Phi) is 1.34. The Labute approximate surface area is 62.3 Å². The Morgan fingerprint density at radius 2 is 2.10 bits per heavy atom. The molecular weight excluding hydrogens is 122 g/mol. The van der Waals surface area contributed by atoms with Gasteiger partial charge in [0.05, 0.1) is 0 Å². The first-order valence-corrected chi connectivity index (χ1v) is 4.30. The molecular formula is C9H15N. The second-order valence-corrected chi connectivity index (χ2v) is 3.63. The standard InChI is InChI=1S/C9H15N/c10-9(6-7-9)8-4-2-1-3-5-8/h4H,1-3,5-7,10H2. The maximum Gasteiger partial charge on any atom is 0.0370 e. The van der Waals surface area contributed by atoms with Crippen LogP contribution in [0, 0.1) is 0 Å². The van der Waals surface area contributed by atoms with Gasteiger partial charge in [0, 0.05) is 5.54 Å². The number of allylic oxidation sites excluding steroid dienone is 1. The van der Waals surface area contributed by atoms with Crippen molar-refractivity contribution in [2.24, 2.45) is 5.73 Å². The zero-order chi connectivity index (χ0) is 7.03. The van der Waals surface area contributed by atoms with Gasteiger partial charge in [0.1, 0.15) is 0 Å². The monoisotopic (exact) mass is 137 g/mol. The molecule has 1 heteroatoms. The van der Waals surface area contributed by atoms with Gasteiger partial charge in [0.25, 0.3) is 0 Å². The van der Waals surface area contributed by atoms with Gasteiger partial charge in [0.2, 0.25) is 0 Å². The lowest BCUT2D eigenvalue weighted by Gasteiger charge is -2.17. The molecule has 0 unspecified atom stereocenters. The third-order valence-electron chi connectivity index (χ3n) is 2.72. The zero-order valence-corrected chi connectivity index (χ0v) is 6.40. The van der Waals surface area contributed by atoms with Crippen molar-refractivity contribution in [2.45, 2.75) is 44.1 Å². The van der Waals surface area contributed by atoms with Crippen LogP contribution in [-0.2, 0) is 0 Å². The van der Waals surface area contributed by atoms with Gasteiger partial charge in [-0.15, -0.1) is 0 Å². The average molecular weight is 137 g/mol. The Bertz CT molecular complexity index is 166. The van der Waals surface area contributed by atoms with E-state index in [-0.39, 0.29) is 5.54 Å². The van der Waals surface area contributed by atoms with Gasteiger partial charge in [-0.05, 0) is 38.5 Å². The minimum Gasteiger partial charge on any atom is -0.322 e. The van der Waals surface area contributed by atoms with Crippen molar-refractivity contribution in [3.05, 3.63) is 11.6 Å². The fourth-order valence-electron chi connectivity index (χ4n) is 1.75. The van der Waals surface area contributed by atoms with Crippen molar-refractivity contribution >= 4 is 0 Å². The second kappa shape index (κ2) is 2.09. The lowest BCUT2D eigenvalue weighted by molar-refractivity contribution is 0.631. The van der Waals surface area contributed by atoms with Crippen molar-refractivity contribution in [1.82, 2.24) is 0 Å². The number of hydrogen-bond acceptors (Lipinski definition) is 1. The quantitative estimate of drug-likeness (QED) is 0.549. The molecule has 56 valence electrons. The van der Waals surface area contributed by atoms with Crippen molar-refractivity contribution in [2.75, 3.05) is 0 Å². The van der Waals surface area contributed by atoms with Crippen LogP contribution in [0.15, 0.2) is 11.6 Å². The largest absolute Gasteiger partial charge is 0.322 e. The van der Waals surface area contributed by atoms with E-state index in [4.69, 9.17) is 5.73 Å². The van der Waals surface area contributed by atoms with Crippen LogP contribution in [0.4, 0.5) is 0 Å². The molecule has 2 aliphatic rings. The molecule has 2 N–H and O–H groups in total. The van der Waals surface area contributed by atoms with Crippen molar-refractivity contribution < 1.29 is 0 Å². The molecule has 1 fully saturated rings. The summed E-state index contributed by atoms with van der Waals surface area (Å²) in [6, 6.07) is 0. The summed E-state index contributed by atoms with van der Waals surface area (Å²) in [4.78, 5) is 0. The van der Waals surface area contributed by atoms with Crippen LogP contribution in [0.5, 0.6) is 0 Å². The first kappa shape index (κ1) is 6.41. The molecule has 1 saturated carbocycles. The highest BCUT2D eigenvalue weighted by atomic mass is 14.8. The van der Waals surface area contributed by atoms with E-state index in [1.807, 2.05) is 0 Å². The van der Waals surface area contributed by atoms with Gasteiger partial charge in [0.15, 0.2) is 0 Å². The zero-order valence-electron chi connectivity index (χ0n) is 6.40. The molecule has 0 amide bonds. The van der Waals surface area contributed by atoms with Crippen molar-refractivity contribution in [3.63, 3.8) is 0 Å². The molecule has 2 rings (SSSR count). The van der Waals surface area contributed by atoms with Crippen LogP contribution in [0.2, 0.25) is 0 Å². The average Bonchev–Trinajstić information content (AvgIpc) is 2.72. The molecule has 0 aliphatic heterocycles. The Morgan fingerprint density at radius 3 is 2.60 bits per heavy atom. The van der Waals surface area contributed by atoms with Crippen LogP contribution in [0.1, 0.15) is 38.5 Å². The topological polar surface area (TPSA) is 26.0 Å². The van der Waals surface area contributed by atoms with E-state index < -0.39 is 0 Å². The van der Waals surface area contributed by atoms with E-state index in [2.05, 4.69) is 6.08 Å². The first-order valence-electron chi connectivity index (χ1n) is 4.30. The molecule has 0 aromatic rings. The summed E-state index contributed by atoms with van der Waals surface area (Å²) < 4.78 is 0. The number of nitrogens with two attached hydrogens (primary N) is 1. The van der Waals surface area contributed by atoms with E-state index >= 15 is 0 Å². The SMILES string of the molecule is NC1(C2=CCCCC2)CC1. The van der Waals surface area contributed by atoms with E-state index in [0.29, 0.717) is 0 Å². The molecule has 0 spiro atoms. The number of rotatable bonds is 1. The van der Waals surface area contributed by atoms with Crippen molar-refractivity contribution in [3.8, 4) is 0 Å². The van der Waals surface area contributed by atoms with Gasteiger partial charge in [-0.1, -0.05) is 11.6 Å². The van der Waals surface area contributed by atoms with Gasteiger partial charge < -0.3 is 5.73 Å². The second-order valence-electron chi connectivity index (χ2n) is 3.63. The molecule has 0 atom stereocenters. The highest BCUT2D eigenvalue weighted by Gasteiger charge is 2.41. The highest BCUT2D eigenvalue weighted by Crippen LogP contribution is 2.42. The molecule has 2 aliphatic carbocycles. The molecule has 0 radical (unpaired) electrons. The minimum atomic E-state index is 0.181. The fourth-order valence-corrected chi connectivity index (χ4v) is 1.75. The summed E-state index contributed by atoms with van der Waals surface area (Å²) in [5.41, 5.74) is 7.79. The maximum atomic E-state index is 6.05. The predicted octanol–water partition coefficient (Wildman–Crippen LogP) is 1.98. The normalized spacial score (nSPS) is 29.5. The third kappa shape index (κ3) is 0.988. The Morgan fingerprint density at radius 1 is 1.30 bits per heavy atom. The molecule has 1 nitrogen and oxygen atoms in total. The summed E-state index contributed by atoms with van der Waals surface area (Å²) in [5.74, 6) is 0.